The maximum Gasteiger partial charge on any atom is 0.418 e. The molecule has 0 unspecified atom stereocenters. The first-order valence-corrected chi connectivity index (χ1v) is 4.29. The van der Waals surface area contributed by atoms with Gasteiger partial charge in [0.25, 0.3) is 0 Å². The zero-order chi connectivity index (χ0) is 10.9. The summed E-state index contributed by atoms with van der Waals surface area (Å²) in [6, 6.07) is 4.04. The maximum absolute atomic E-state index is 12.4. The summed E-state index contributed by atoms with van der Waals surface area (Å²) in [7, 11) is 0. The van der Waals surface area contributed by atoms with E-state index in [9.17, 15) is 13.2 Å². The third kappa shape index (κ3) is 2.19. The van der Waals surface area contributed by atoms with Crippen LogP contribution in [0.2, 0.25) is 0 Å². The van der Waals surface area contributed by atoms with Crippen molar-refractivity contribution in [3.8, 4) is 0 Å². The van der Waals surface area contributed by atoms with Crippen LogP contribution in [0, 0.1) is 0 Å². The van der Waals surface area contributed by atoms with Crippen LogP contribution in [0.3, 0.4) is 0 Å². The molecule has 0 aliphatic rings. The van der Waals surface area contributed by atoms with Gasteiger partial charge in [-0.15, -0.1) is 0 Å². The fourth-order valence-electron chi connectivity index (χ4n) is 1.18. The van der Waals surface area contributed by atoms with Gasteiger partial charge in [0.05, 0.1) is 5.56 Å². The van der Waals surface area contributed by atoms with E-state index in [-0.39, 0.29) is 11.6 Å². The van der Waals surface area contributed by atoms with Gasteiger partial charge in [0, 0.05) is 5.69 Å². The SMILES string of the molecule is CC(C)c1ccc(N)c(C(F)(F)F)c1. The summed E-state index contributed by atoms with van der Waals surface area (Å²) in [5.41, 5.74) is 4.93. The molecular weight excluding hydrogens is 191 g/mol. The van der Waals surface area contributed by atoms with Crippen molar-refractivity contribution in [1.29, 1.82) is 0 Å². The summed E-state index contributed by atoms with van der Waals surface area (Å²) in [6.07, 6.45) is -4.37. The Hall–Kier alpha value is -1.19. The zero-order valence-corrected chi connectivity index (χ0v) is 8.02. The lowest BCUT2D eigenvalue weighted by Gasteiger charge is -2.13. The highest BCUT2D eigenvalue weighted by molar-refractivity contribution is 5.50. The molecule has 1 rings (SSSR count). The van der Waals surface area contributed by atoms with Gasteiger partial charge in [0.15, 0.2) is 0 Å². The average molecular weight is 203 g/mol. The summed E-state index contributed by atoms with van der Waals surface area (Å²) < 4.78 is 37.2. The molecule has 1 aromatic rings. The molecule has 0 spiro atoms. The van der Waals surface area contributed by atoms with Crippen molar-refractivity contribution in [2.75, 3.05) is 5.73 Å². The van der Waals surface area contributed by atoms with Gasteiger partial charge < -0.3 is 5.73 Å². The van der Waals surface area contributed by atoms with Crippen LogP contribution in [-0.2, 0) is 6.18 Å². The highest BCUT2D eigenvalue weighted by Crippen LogP contribution is 2.35. The quantitative estimate of drug-likeness (QED) is 0.695. The molecule has 1 aromatic carbocycles. The summed E-state index contributed by atoms with van der Waals surface area (Å²) in [4.78, 5) is 0. The smallest absolute Gasteiger partial charge is 0.398 e. The minimum atomic E-state index is -4.37. The lowest BCUT2D eigenvalue weighted by atomic mass is 9.99. The molecule has 0 aliphatic carbocycles. The lowest BCUT2D eigenvalue weighted by Crippen LogP contribution is -2.09. The molecule has 0 atom stereocenters. The molecule has 0 amide bonds. The van der Waals surface area contributed by atoms with Crippen molar-refractivity contribution >= 4 is 5.69 Å². The largest absolute Gasteiger partial charge is 0.418 e. The number of alkyl halides is 3. The Labute approximate surface area is 80.7 Å². The number of nitrogens with two attached hydrogens (primary N) is 1. The Morgan fingerprint density at radius 2 is 1.79 bits per heavy atom. The van der Waals surface area contributed by atoms with Gasteiger partial charge in [0.1, 0.15) is 0 Å². The number of anilines is 1. The van der Waals surface area contributed by atoms with Gasteiger partial charge in [-0.1, -0.05) is 19.9 Å². The number of hydrogen-bond donors (Lipinski definition) is 1. The molecule has 14 heavy (non-hydrogen) atoms. The van der Waals surface area contributed by atoms with Gasteiger partial charge in [-0.3, -0.25) is 0 Å². The van der Waals surface area contributed by atoms with Crippen LogP contribution < -0.4 is 5.73 Å². The van der Waals surface area contributed by atoms with Crippen LogP contribution in [0.5, 0.6) is 0 Å². The number of benzene rings is 1. The summed E-state index contributed by atoms with van der Waals surface area (Å²) in [5, 5.41) is 0. The molecule has 78 valence electrons. The van der Waals surface area contributed by atoms with E-state index in [2.05, 4.69) is 0 Å². The number of halogens is 3. The summed E-state index contributed by atoms with van der Waals surface area (Å²) >= 11 is 0. The molecule has 0 heterocycles. The standard InChI is InChI=1S/C10H12F3N/c1-6(2)7-3-4-9(14)8(5-7)10(11,12)13/h3-6H,14H2,1-2H3. The van der Waals surface area contributed by atoms with Crippen molar-refractivity contribution < 1.29 is 13.2 Å². The Morgan fingerprint density at radius 3 is 2.21 bits per heavy atom. The Morgan fingerprint density at radius 1 is 1.21 bits per heavy atom. The second kappa shape index (κ2) is 3.52. The minimum absolute atomic E-state index is 0.0664. The molecule has 4 heteroatoms. The number of rotatable bonds is 1. The minimum Gasteiger partial charge on any atom is -0.398 e. The first-order valence-electron chi connectivity index (χ1n) is 4.29. The summed E-state index contributed by atoms with van der Waals surface area (Å²) in [6.45, 7) is 3.68. The molecule has 0 fully saturated rings. The Balaban J connectivity index is 3.22. The zero-order valence-electron chi connectivity index (χ0n) is 8.02. The third-order valence-corrected chi connectivity index (χ3v) is 2.05. The van der Waals surface area contributed by atoms with E-state index in [1.54, 1.807) is 6.07 Å². The highest BCUT2D eigenvalue weighted by atomic mass is 19.4. The van der Waals surface area contributed by atoms with Gasteiger partial charge in [-0.25, -0.2) is 0 Å². The molecule has 0 saturated carbocycles. The Bertz CT molecular complexity index is 329. The molecule has 0 saturated heterocycles. The van der Waals surface area contributed by atoms with Gasteiger partial charge in [-0.05, 0) is 23.6 Å². The maximum atomic E-state index is 12.4. The van der Waals surface area contributed by atoms with Crippen molar-refractivity contribution in [3.63, 3.8) is 0 Å². The van der Waals surface area contributed by atoms with Crippen LogP contribution in [0.25, 0.3) is 0 Å². The predicted molar refractivity (Wildman–Crippen MR) is 49.9 cm³/mol. The Kier molecular flexibility index (Phi) is 2.73. The normalized spacial score (nSPS) is 12.1. The van der Waals surface area contributed by atoms with Crippen LogP contribution in [0.15, 0.2) is 18.2 Å². The van der Waals surface area contributed by atoms with Crippen LogP contribution in [0.4, 0.5) is 18.9 Å². The van der Waals surface area contributed by atoms with E-state index in [0.29, 0.717) is 5.56 Å². The number of nitrogen functional groups attached to an aromatic ring is 1. The second-order valence-corrected chi connectivity index (χ2v) is 3.50. The fraction of sp³-hybridized carbons (Fsp3) is 0.400. The molecule has 0 bridgehead atoms. The van der Waals surface area contributed by atoms with Crippen molar-refractivity contribution in [2.24, 2.45) is 0 Å². The van der Waals surface area contributed by atoms with Crippen LogP contribution >= 0.6 is 0 Å². The van der Waals surface area contributed by atoms with Crippen LogP contribution in [0.1, 0.15) is 30.9 Å². The molecule has 0 aromatic heterocycles. The predicted octanol–water partition coefficient (Wildman–Crippen LogP) is 3.41. The monoisotopic (exact) mass is 203 g/mol. The van der Waals surface area contributed by atoms with Gasteiger partial charge in [-0.2, -0.15) is 13.2 Å². The molecule has 1 nitrogen and oxygen atoms in total. The highest BCUT2D eigenvalue weighted by Gasteiger charge is 2.33. The van der Waals surface area contributed by atoms with E-state index < -0.39 is 11.7 Å². The first kappa shape index (κ1) is 10.9. The molecule has 0 radical (unpaired) electrons. The third-order valence-electron chi connectivity index (χ3n) is 2.05. The lowest BCUT2D eigenvalue weighted by molar-refractivity contribution is -0.136. The fourth-order valence-corrected chi connectivity index (χ4v) is 1.18. The summed E-state index contributed by atoms with van der Waals surface area (Å²) in [5.74, 6) is 0.0664. The molecular formula is C10H12F3N. The van der Waals surface area contributed by atoms with E-state index in [4.69, 9.17) is 5.73 Å². The second-order valence-electron chi connectivity index (χ2n) is 3.50. The molecule has 2 N–H and O–H groups in total. The van der Waals surface area contributed by atoms with Crippen molar-refractivity contribution in [2.45, 2.75) is 25.9 Å². The van der Waals surface area contributed by atoms with Gasteiger partial charge in [0.2, 0.25) is 0 Å². The van der Waals surface area contributed by atoms with Crippen molar-refractivity contribution in [3.05, 3.63) is 29.3 Å². The van der Waals surface area contributed by atoms with E-state index in [0.717, 1.165) is 6.07 Å². The van der Waals surface area contributed by atoms with E-state index in [1.165, 1.54) is 6.07 Å². The molecule has 0 aliphatic heterocycles. The topological polar surface area (TPSA) is 26.0 Å². The number of hydrogen-bond acceptors (Lipinski definition) is 1. The van der Waals surface area contributed by atoms with Gasteiger partial charge >= 0.3 is 6.18 Å². The van der Waals surface area contributed by atoms with E-state index >= 15 is 0 Å². The van der Waals surface area contributed by atoms with Crippen molar-refractivity contribution in [1.82, 2.24) is 0 Å². The average Bonchev–Trinajstić information content (AvgIpc) is 2.02. The van der Waals surface area contributed by atoms with Crippen LogP contribution in [-0.4, -0.2) is 0 Å². The van der Waals surface area contributed by atoms with E-state index in [1.807, 2.05) is 13.8 Å². The first-order chi connectivity index (χ1) is 6.32.